The van der Waals surface area contributed by atoms with Crippen LogP contribution in [0, 0.1) is 0 Å². The molecule has 0 atom stereocenters. The smallest absolute Gasteiger partial charge is 0.265 e. The van der Waals surface area contributed by atoms with E-state index in [0.29, 0.717) is 14.8 Å². The molecule has 0 aliphatic rings. The first-order chi connectivity index (χ1) is 8.06. The molecule has 0 radical (unpaired) electrons. The molecule has 2 rings (SSSR count). The van der Waals surface area contributed by atoms with Crippen molar-refractivity contribution in [2.24, 2.45) is 7.05 Å². The maximum atomic E-state index is 11.1. The number of aromatic amines is 1. The van der Waals surface area contributed by atoms with Gasteiger partial charge in [0, 0.05) is 13.1 Å². The summed E-state index contributed by atoms with van der Waals surface area (Å²) in [6, 6.07) is 1.68. The highest BCUT2D eigenvalue weighted by molar-refractivity contribution is 9.10. The zero-order valence-corrected chi connectivity index (χ0v) is 10.9. The molecule has 9 heteroatoms. The predicted molar refractivity (Wildman–Crippen MR) is 64.0 cm³/mol. The SMILES string of the molecule is Cn1[nH]c(=O)c(=O)nc1Sc1cc(Br)ncn1. The van der Waals surface area contributed by atoms with Crippen LogP contribution < -0.4 is 11.1 Å². The molecule has 0 fully saturated rings. The number of H-pyrrole nitrogens is 1. The molecule has 2 heterocycles. The summed E-state index contributed by atoms with van der Waals surface area (Å²) in [6.45, 7) is 0. The van der Waals surface area contributed by atoms with Crippen LogP contribution in [0.3, 0.4) is 0 Å². The lowest BCUT2D eigenvalue weighted by atomic mass is 10.7. The molecule has 0 saturated carbocycles. The van der Waals surface area contributed by atoms with Gasteiger partial charge in [-0.25, -0.2) is 9.97 Å². The third kappa shape index (κ3) is 2.80. The zero-order chi connectivity index (χ0) is 12.4. The van der Waals surface area contributed by atoms with E-state index < -0.39 is 11.1 Å². The van der Waals surface area contributed by atoms with Crippen molar-refractivity contribution < 1.29 is 0 Å². The van der Waals surface area contributed by atoms with Gasteiger partial charge in [-0.15, -0.1) is 0 Å². The van der Waals surface area contributed by atoms with Crippen molar-refractivity contribution in [2.45, 2.75) is 10.2 Å². The maximum absolute atomic E-state index is 11.1. The third-order valence-electron chi connectivity index (χ3n) is 1.75. The van der Waals surface area contributed by atoms with Gasteiger partial charge in [-0.1, -0.05) is 0 Å². The lowest BCUT2D eigenvalue weighted by Gasteiger charge is -2.04. The fraction of sp³-hybridized carbons (Fsp3) is 0.125. The average Bonchev–Trinajstić information content (AvgIpc) is 2.26. The number of aromatic nitrogens is 5. The average molecular weight is 316 g/mol. The van der Waals surface area contributed by atoms with E-state index in [1.165, 1.54) is 11.0 Å². The molecule has 17 heavy (non-hydrogen) atoms. The number of halogens is 1. The topological polar surface area (TPSA) is 93.5 Å². The van der Waals surface area contributed by atoms with E-state index in [4.69, 9.17) is 0 Å². The minimum atomic E-state index is -0.821. The van der Waals surface area contributed by atoms with Gasteiger partial charge in [-0.3, -0.25) is 19.4 Å². The van der Waals surface area contributed by atoms with Gasteiger partial charge in [0.1, 0.15) is 16.0 Å². The Bertz CT molecular complexity index is 667. The molecule has 0 bridgehead atoms. The van der Waals surface area contributed by atoms with E-state index >= 15 is 0 Å². The van der Waals surface area contributed by atoms with Crippen molar-refractivity contribution in [3.63, 3.8) is 0 Å². The Morgan fingerprint density at radius 1 is 1.41 bits per heavy atom. The summed E-state index contributed by atoms with van der Waals surface area (Å²) in [6.07, 6.45) is 1.39. The van der Waals surface area contributed by atoms with Gasteiger partial charge in [0.2, 0.25) is 0 Å². The molecule has 0 saturated heterocycles. The molecule has 2 aromatic heterocycles. The lowest BCUT2D eigenvalue weighted by Crippen LogP contribution is -2.33. The Balaban J connectivity index is 2.40. The van der Waals surface area contributed by atoms with Crippen LogP contribution in [0.15, 0.2) is 36.8 Å². The van der Waals surface area contributed by atoms with E-state index in [0.717, 1.165) is 11.8 Å². The highest BCUT2D eigenvalue weighted by atomic mass is 79.9. The Morgan fingerprint density at radius 2 is 2.18 bits per heavy atom. The summed E-state index contributed by atoms with van der Waals surface area (Å²) in [4.78, 5) is 33.7. The van der Waals surface area contributed by atoms with E-state index in [-0.39, 0.29) is 0 Å². The number of hydrogen-bond acceptors (Lipinski definition) is 6. The van der Waals surface area contributed by atoms with Gasteiger partial charge in [0.15, 0.2) is 5.16 Å². The van der Waals surface area contributed by atoms with Crippen molar-refractivity contribution in [1.29, 1.82) is 0 Å². The molecule has 7 nitrogen and oxygen atoms in total. The molecule has 88 valence electrons. The summed E-state index contributed by atoms with van der Waals surface area (Å²) < 4.78 is 1.99. The minimum Gasteiger partial charge on any atom is -0.265 e. The van der Waals surface area contributed by atoms with E-state index in [9.17, 15) is 9.59 Å². The van der Waals surface area contributed by atoms with Crippen LogP contribution in [-0.2, 0) is 7.05 Å². The van der Waals surface area contributed by atoms with E-state index in [1.807, 2.05) is 0 Å². The normalized spacial score (nSPS) is 10.5. The fourth-order valence-electron chi connectivity index (χ4n) is 1.02. The van der Waals surface area contributed by atoms with Crippen LogP contribution in [-0.4, -0.2) is 24.7 Å². The Kier molecular flexibility index (Phi) is 3.38. The molecular formula is C8H6BrN5O2S. The number of nitrogens with one attached hydrogen (secondary N) is 1. The molecule has 1 N–H and O–H groups in total. The summed E-state index contributed by atoms with van der Waals surface area (Å²) in [5.41, 5.74) is -1.57. The maximum Gasteiger partial charge on any atom is 0.339 e. The van der Waals surface area contributed by atoms with Gasteiger partial charge in [0.05, 0.1) is 0 Å². The lowest BCUT2D eigenvalue weighted by molar-refractivity contribution is 0.596. The molecule has 0 amide bonds. The standard InChI is InChI=1S/C8H6BrN5O2S/c1-14-8(12-6(15)7(16)13-14)17-5-2-4(9)10-3-11-5/h2-3H,1H3,(H,13,16). The van der Waals surface area contributed by atoms with Gasteiger partial charge in [-0.2, -0.15) is 4.98 Å². The predicted octanol–water partition coefficient (Wildman–Crippen LogP) is 0.172. The van der Waals surface area contributed by atoms with Crippen LogP contribution in [0.2, 0.25) is 0 Å². The summed E-state index contributed by atoms with van der Waals surface area (Å²) in [7, 11) is 1.59. The fourth-order valence-corrected chi connectivity index (χ4v) is 2.25. The molecule has 2 aromatic rings. The second-order valence-corrected chi connectivity index (χ2v) is 4.78. The number of hydrogen-bond donors (Lipinski definition) is 1. The number of aryl methyl sites for hydroxylation is 1. The zero-order valence-electron chi connectivity index (χ0n) is 8.55. The van der Waals surface area contributed by atoms with Crippen LogP contribution in [0.5, 0.6) is 0 Å². The highest BCUT2D eigenvalue weighted by Crippen LogP contribution is 2.23. The van der Waals surface area contributed by atoms with Crippen LogP contribution >= 0.6 is 27.7 Å². The van der Waals surface area contributed by atoms with E-state index in [1.54, 1.807) is 13.1 Å². The van der Waals surface area contributed by atoms with E-state index in [2.05, 4.69) is 36.0 Å². The first kappa shape index (κ1) is 12.0. The third-order valence-corrected chi connectivity index (χ3v) is 3.17. The van der Waals surface area contributed by atoms with Crippen LogP contribution in [0.1, 0.15) is 0 Å². The summed E-state index contributed by atoms with van der Waals surface area (Å²) in [5.74, 6) is 0. The van der Waals surface area contributed by atoms with Crippen molar-refractivity contribution in [3.05, 3.63) is 37.7 Å². The van der Waals surface area contributed by atoms with Crippen molar-refractivity contribution in [1.82, 2.24) is 24.7 Å². The monoisotopic (exact) mass is 315 g/mol. The largest absolute Gasteiger partial charge is 0.339 e. The minimum absolute atomic E-state index is 0.347. The van der Waals surface area contributed by atoms with Crippen molar-refractivity contribution in [3.8, 4) is 0 Å². The molecule has 0 aliphatic heterocycles. The molecule has 0 aromatic carbocycles. The van der Waals surface area contributed by atoms with Gasteiger partial charge >= 0.3 is 11.1 Å². The molecule has 0 spiro atoms. The number of nitrogens with zero attached hydrogens (tertiary/aromatic N) is 4. The van der Waals surface area contributed by atoms with Crippen LogP contribution in [0.4, 0.5) is 0 Å². The van der Waals surface area contributed by atoms with Crippen molar-refractivity contribution in [2.75, 3.05) is 0 Å². The molecule has 0 unspecified atom stereocenters. The first-order valence-electron chi connectivity index (χ1n) is 4.39. The first-order valence-corrected chi connectivity index (χ1v) is 6.00. The van der Waals surface area contributed by atoms with Gasteiger partial charge < -0.3 is 0 Å². The second-order valence-electron chi connectivity index (χ2n) is 2.98. The number of rotatable bonds is 2. The summed E-state index contributed by atoms with van der Waals surface area (Å²) >= 11 is 4.36. The Labute approximate surface area is 107 Å². The Hall–Kier alpha value is -1.48. The second kappa shape index (κ2) is 4.80. The van der Waals surface area contributed by atoms with Gasteiger partial charge in [0.25, 0.3) is 0 Å². The van der Waals surface area contributed by atoms with Gasteiger partial charge in [-0.05, 0) is 27.7 Å². The van der Waals surface area contributed by atoms with Crippen LogP contribution in [0.25, 0.3) is 0 Å². The summed E-state index contributed by atoms with van der Waals surface area (Å²) in [5, 5.41) is 3.31. The van der Waals surface area contributed by atoms with Crippen molar-refractivity contribution >= 4 is 27.7 Å². The molecule has 0 aliphatic carbocycles. The highest BCUT2D eigenvalue weighted by Gasteiger charge is 2.07. The molecular weight excluding hydrogens is 310 g/mol. The Morgan fingerprint density at radius 3 is 2.88 bits per heavy atom. The quantitative estimate of drug-likeness (QED) is 0.627.